The minimum Gasteiger partial charge on any atom is -0.373 e. The molecule has 0 radical (unpaired) electrons. The van der Waals surface area contributed by atoms with E-state index in [1.165, 1.54) is 6.42 Å². The van der Waals surface area contributed by atoms with Gasteiger partial charge in [-0.1, -0.05) is 0 Å². The van der Waals surface area contributed by atoms with E-state index in [-0.39, 0.29) is 11.7 Å². The Balaban J connectivity index is 2.22. The maximum absolute atomic E-state index is 11.2. The summed E-state index contributed by atoms with van der Waals surface area (Å²) in [6, 6.07) is 3.48. The molecule has 0 bridgehead atoms. The summed E-state index contributed by atoms with van der Waals surface area (Å²) in [5.74, 6) is 0. The van der Waals surface area contributed by atoms with E-state index in [4.69, 9.17) is 4.74 Å². The first-order chi connectivity index (χ1) is 6.77. The second-order valence-corrected chi connectivity index (χ2v) is 3.77. The predicted octanol–water partition coefficient (Wildman–Crippen LogP) is 1.63. The van der Waals surface area contributed by atoms with Crippen LogP contribution in [-0.4, -0.2) is 11.2 Å². The third kappa shape index (κ3) is 1.87. The third-order valence-electron chi connectivity index (χ3n) is 2.66. The van der Waals surface area contributed by atoms with Gasteiger partial charge in [-0.3, -0.25) is 4.79 Å². The SMILES string of the molecule is Cn1cc(C2CCCCO2)ccc1=O. The van der Waals surface area contributed by atoms with Crippen LogP contribution in [0.1, 0.15) is 30.9 Å². The minimum atomic E-state index is 0.0320. The lowest BCUT2D eigenvalue weighted by Gasteiger charge is -2.22. The molecule has 0 spiro atoms. The number of nitrogens with zero attached hydrogens (tertiary/aromatic N) is 1. The predicted molar refractivity (Wildman–Crippen MR) is 54.2 cm³/mol. The summed E-state index contributed by atoms with van der Waals surface area (Å²) in [7, 11) is 1.77. The molecule has 0 N–H and O–H groups in total. The van der Waals surface area contributed by atoms with Crippen LogP contribution in [0.25, 0.3) is 0 Å². The fraction of sp³-hybridized carbons (Fsp3) is 0.545. The van der Waals surface area contributed by atoms with Gasteiger partial charge in [-0.25, -0.2) is 0 Å². The van der Waals surface area contributed by atoms with Gasteiger partial charge in [0.05, 0.1) is 6.10 Å². The summed E-state index contributed by atoms with van der Waals surface area (Å²) in [4.78, 5) is 11.2. The molecule has 1 aromatic heterocycles. The van der Waals surface area contributed by atoms with E-state index >= 15 is 0 Å². The molecule has 2 heterocycles. The Kier molecular flexibility index (Phi) is 2.68. The normalized spacial score (nSPS) is 22.2. The van der Waals surface area contributed by atoms with Crippen molar-refractivity contribution in [3.63, 3.8) is 0 Å². The van der Waals surface area contributed by atoms with Crippen molar-refractivity contribution in [3.8, 4) is 0 Å². The monoisotopic (exact) mass is 193 g/mol. The Morgan fingerprint density at radius 2 is 2.29 bits per heavy atom. The van der Waals surface area contributed by atoms with Crippen LogP contribution in [0.5, 0.6) is 0 Å². The Hall–Kier alpha value is -1.09. The van der Waals surface area contributed by atoms with Crippen molar-refractivity contribution >= 4 is 0 Å². The molecule has 14 heavy (non-hydrogen) atoms. The second kappa shape index (κ2) is 3.96. The number of ether oxygens (including phenoxy) is 1. The number of pyridine rings is 1. The van der Waals surface area contributed by atoms with Crippen molar-refractivity contribution < 1.29 is 4.74 Å². The summed E-state index contributed by atoms with van der Waals surface area (Å²) >= 11 is 0. The zero-order chi connectivity index (χ0) is 9.97. The zero-order valence-corrected chi connectivity index (χ0v) is 8.40. The number of hydrogen-bond acceptors (Lipinski definition) is 2. The van der Waals surface area contributed by atoms with Gasteiger partial charge in [0.1, 0.15) is 0 Å². The molecule has 1 unspecified atom stereocenters. The number of rotatable bonds is 1. The lowest BCUT2D eigenvalue weighted by molar-refractivity contribution is 0.0146. The van der Waals surface area contributed by atoms with Gasteiger partial charge in [-0.05, 0) is 30.9 Å². The van der Waals surface area contributed by atoms with Gasteiger partial charge in [-0.2, -0.15) is 0 Å². The first-order valence-corrected chi connectivity index (χ1v) is 5.05. The Morgan fingerprint density at radius 3 is 2.93 bits per heavy atom. The molecular weight excluding hydrogens is 178 g/mol. The van der Waals surface area contributed by atoms with Crippen molar-refractivity contribution in [2.24, 2.45) is 7.05 Å². The molecule has 1 aromatic rings. The van der Waals surface area contributed by atoms with Crippen LogP contribution in [-0.2, 0) is 11.8 Å². The van der Waals surface area contributed by atoms with Gasteiger partial charge in [0.25, 0.3) is 0 Å². The molecule has 1 aliphatic rings. The standard InChI is InChI=1S/C11H15NO2/c1-12-8-9(5-6-11(12)13)10-4-2-3-7-14-10/h5-6,8,10H,2-4,7H2,1H3. The number of aryl methyl sites for hydroxylation is 1. The van der Waals surface area contributed by atoms with Crippen molar-refractivity contribution in [2.45, 2.75) is 25.4 Å². The molecule has 1 fully saturated rings. The van der Waals surface area contributed by atoms with Crippen molar-refractivity contribution in [2.75, 3.05) is 6.61 Å². The van der Waals surface area contributed by atoms with Gasteiger partial charge in [-0.15, -0.1) is 0 Å². The lowest BCUT2D eigenvalue weighted by Crippen LogP contribution is -2.18. The Morgan fingerprint density at radius 1 is 1.43 bits per heavy atom. The van der Waals surface area contributed by atoms with Crippen LogP contribution in [0, 0.1) is 0 Å². The topological polar surface area (TPSA) is 31.2 Å². The highest BCUT2D eigenvalue weighted by Gasteiger charge is 2.16. The van der Waals surface area contributed by atoms with E-state index in [9.17, 15) is 4.79 Å². The van der Waals surface area contributed by atoms with E-state index < -0.39 is 0 Å². The molecule has 1 aliphatic heterocycles. The van der Waals surface area contributed by atoms with E-state index in [1.54, 1.807) is 17.7 Å². The van der Waals surface area contributed by atoms with Crippen molar-refractivity contribution in [3.05, 3.63) is 34.2 Å². The summed E-state index contributed by atoms with van der Waals surface area (Å²) in [6.07, 6.45) is 5.50. The van der Waals surface area contributed by atoms with Crippen molar-refractivity contribution in [1.29, 1.82) is 0 Å². The average Bonchev–Trinajstić information content (AvgIpc) is 2.23. The van der Waals surface area contributed by atoms with Gasteiger partial charge >= 0.3 is 0 Å². The van der Waals surface area contributed by atoms with Crippen LogP contribution in [0.4, 0.5) is 0 Å². The summed E-state index contributed by atoms with van der Waals surface area (Å²) in [6.45, 7) is 0.841. The van der Waals surface area contributed by atoms with Crippen LogP contribution in [0.15, 0.2) is 23.1 Å². The van der Waals surface area contributed by atoms with Crippen LogP contribution < -0.4 is 5.56 Å². The fourth-order valence-electron chi connectivity index (χ4n) is 1.81. The second-order valence-electron chi connectivity index (χ2n) is 3.77. The molecule has 1 atom stereocenters. The smallest absolute Gasteiger partial charge is 0.250 e. The number of aromatic nitrogens is 1. The van der Waals surface area contributed by atoms with E-state index in [1.807, 2.05) is 12.3 Å². The molecule has 3 heteroatoms. The lowest BCUT2D eigenvalue weighted by atomic mass is 10.0. The summed E-state index contributed by atoms with van der Waals surface area (Å²) < 4.78 is 7.25. The molecule has 3 nitrogen and oxygen atoms in total. The zero-order valence-electron chi connectivity index (χ0n) is 8.40. The molecule has 0 aliphatic carbocycles. The molecular formula is C11H15NO2. The summed E-state index contributed by atoms with van der Waals surface area (Å²) in [5.41, 5.74) is 1.15. The highest BCUT2D eigenvalue weighted by atomic mass is 16.5. The maximum Gasteiger partial charge on any atom is 0.250 e. The third-order valence-corrected chi connectivity index (χ3v) is 2.66. The largest absolute Gasteiger partial charge is 0.373 e. The molecule has 1 saturated heterocycles. The maximum atomic E-state index is 11.2. The fourth-order valence-corrected chi connectivity index (χ4v) is 1.81. The highest BCUT2D eigenvalue weighted by molar-refractivity contribution is 5.13. The molecule has 76 valence electrons. The molecule has 2 rings (SSSR count). The van der Waals surface area contributed by atoms with Crippen molar-refractivity contribution in [1.82, 2.24) is 4.57 Å². The minimum absolute atomic E-state index is 0.0320. The average molecular weight is 193 g/mol. The van der Waals surface area contributed by atoms with Crippen LogP contribution >= 0.6 is 0 Å². The van der Waals surface area contributed by atoms with Gasteiger partial charge < -0.3 is 9.30 Å². The van der Waals surface area contributed by atoms with Gasteiger partial charge in [0.15, 0.2) is 0 Å². The summed E-state index contributed by atoms with van der Waals surface area (Å²) in [5, 5.41) is 0. The molecule has 0 amide bonds. The Labute approximate surface area is 83.3 Å². The molecule has 0 saturated carbocycles. The van der Waals surface area contributed by atoms with E-state index in [0.717, 1.165) is 25.0 Å². The first-order valence-electron chi connectivity index (χ1n) is 5.05. The first kappa shape index (κ1) is 9.46. The van der Waals surface area contributed by atoms with E-state index in [0.29, 0.717) is 0 Å². The highest BCUT2D eigenvalue weighted by Crippen LogP contribution is 2.26. The van der Waals surface area contributed by atoms with Crippen LogP contribution in [0.2, 0.25) is 0 Å². The van der Waals surface area contributed by atoms with Crippen LogP contribution in [0.3, 0.4) is 0 Å². The van der Waals surface area contributed by atoms with Gasteiger partial charge in [0.2, 0.25) is 5.56 Å². The molecule has 0 aromatic carbocycles. The van der Waals surface area contributed by atoms with E-state index in [2.05, 4.69) is 0 Å². The Bertz CT molecular complexity index is 364. The quantitative estimate of drug-likeness (QED) is 0.678. The number of hydrogen-bond donors (Lipinski definition) is 0. The van der Waals surface area contributed by atoms with Gasteiger partial charge in [0, 0.05) is 25.9 Å².